The topological polar surface area (TPSA) is 38.0 Å². The van der Waals surface area contributed by atoms with Gasteiger partial charge < -0.3 is 11.1 Å². The highest BCUT2D eigenvalue weighted by atomic mass is 32.1. The Bertz CT molecular complexity index is 296. The number of nitrogen functional groups attached to an aromatic ring is 1. The fraction of sp³-hybridized carbons (Fsp3) is 0.556. The average Bonchev–Trinajstić information content (AvgIpc) is 2.49. The highest BCUT2D eigenvalue weighted by Crippen LogP contribution is 2.21. The molecule has 1 aromatic rings. The van der Waals surface area contributed by atoms with Gasteiger partial charge >= 0.3 is 6.18 Å². The molecule has 0 fully saturated rings. The summed E-state index contributed by atoms with van der Waals surface area (Å²) < 4.78 is 35.3. The van der Waals surface area contributed by atoms with Crippen molar-refractivity contribution in [3.63, 3.8) is 0 Å². The van der Waals surface area contributed by atoms with E-state index in [9.17, 15) is 13.2 Å². The lowest BCUT2D eigenvalue weighted by molar-refractivity contribution is -0.135. The van der Waals surface area contributed by atoms with Gasteiger partial charge in [-0.15, -0.1) is 11.3 Å². The monoisotopic (exact) mass is 238 g/mol. The van der Waals surface area contributed by atoms with Gasteiger partial charge in [-0.1, -0.05) is 0 Å². The molecule has 0 unspecified atom stereocenters. The first-order valence-electron chi connectivity index (χ1n) is 4.58. The van der Waals surface area contributed by atoms with Crippen LogP contribution in [0.4, 0.5) is 18.9 Å². The third kappa shape index (κ3) is 5.03. The van der Waals surface area contributed by atoms with Gasteiger partial charge in [0.25, 0.3) is 0 Å². The standard InChI is InChI=1S/C9H13F3N2S/c10-9(11,12)3-1-4-14-6-8-7(13)2-5-15-8/h2,5,14H,1,3-4,6,13H2. The smallest absolute Gasteiger partial charge is 0.389 e. The Morgan fingerprint density at radius 2 is 2.13 bits per heavy atom. The molecule has 6 heteroatoms. The van der Waals surface area contributed by atoms with Crippen LogP contribution < -0.4 is 11.1 Å². The molecule has 0 aromatic carbocycles. The Labute approximate surface area is 90.3 Å². The Hall–Kier alpha value is -0.750. The van der Waals surface area contributed by atoms with E-state index in [1.54, 1.807) is 6.07 Å². The maximum atomic E-state index is 11.8. The fourth-order valence-electron chi connectivity index (χ4n) is 1.11. The molecule has 0 aliphatic rings. The van der Waals surface area contributed by atoms with Crippen LogP contribution in [-0.4, -0.2) is 12.7 Å². The number of rotatable bonds is 5. The predicted octanol–water partition coefficient (Wildman–Crippen LogP) is 2.76. The van der Waals surface area contributed by atoms with Gasteiger partial charge in [0.15, 0.2) is 0 Å². The van der Waals surface area contributed by atoms with Crippen molar-refractivity contribution in [2.24, 2.45) is 0 Å². The van der Waals surface area contributed by atoms with Crippen molar-refractivity contribution < 1.29 is 13.2 Å². The lowest BCUT2D eigenvalue weighted by atomic mass is 10.3. The quantitative estimate of drug-likeness (QED) is 0.774. The Morgan fingerprint density at radius 3 is 2.67 bits per heavy atom. The number of hydrogen-bond donors (Lipinski definition) is 2. The van der Waals surface area contributed by atoms with Crippen LogP contribution in [0.2, 0.25) is 0 Å². The molecule has 0 saturated carbocycles. The van der Waals surface area contributed by atoms with E-state index < -0.39 is 12.6 Å². The Balaban J connectivity index is 2.10. The van der Waals surface area contributed by atoms with E-state index in [1.165, 1.54) is 11.3 Å². The van der Waals surface area contributed by atoms with Gasteiger partial charge in [-0.25, -0.2) is 0 Å². The average molecular weight is 238 g/mol. The molecule has 1 rings (SSSR count). The van der Waals surface area contributed by atoms with Crippen molar-refractivity contribution in [3.8, 4) is 0 Å². The molecule has 0 aliphatic carbocycles. The minimum Gasteiger partial charge on any atom is -0.398 e. The Kier molecular flexibility index (Phi) is 4.41. The number of nitrogens with two attached hydrogens (primary N) is 1. The second-order valence-corrected chi connectivity index (χ2v) is 4.20. The normalized spacial score (nSPS) is 11.9. The van der Waals surface area contributed by atoms with E-state index in [4.69, 9.17) is 5.73 Å². The van der Waals surface area contributed by atoms with Crippen LogP contribution in [0.15, 0.2) is 11.4 Å². The summed E-state index contributed by atoms with van der Waals surface area (Å²) in [7, 11) is 0. The number of alkyl halides is 3. The van der Waals surface area contributed by atoms with Crippen molar-refractivity contribution in [3.05, 3.63) is 16.3 Å². The minimum absolute atomic E-state index is 0.106. The summed E-state index contributed by atoms with van der Waals surface area (Å²) in [6.45, 7) is 0.901. The first-order chi connectivity index (χ1) is 6.99. The second-order valence-electron chi connectivity index (χ2n) is 3.19. The largest absolute Gasteiger partial charge is 0.398 e. The maximum absolute atomic E-state index is 11.8. The number of anilines is 1. The molecule has 3 N–H and O–H groups in total. The van der Waals surface area contributed by atoms with Crippen molar-refractivity contribution in [1.82, 2.24) is 5.32 Å². The molecule has 86 valence electrons. The predicted molar refractivity (Wildman–Crippen MR) is 55.7 cm³/mol. The van der Waals surface area contributed by atoms with E-state index in [0.29, 0.717) is 18.8 Å². The number of thiophene rings is 1. The minimum atomic E-state index is -4.05. The molecular weight excluding hydrogens is 225 g/mol. The molecular formula is C9H13F3N2S. The van der Waals surface area contributed by atoms with E-state index >= 15 is 0 Å². The lowest BCUT2D eigenvalue weighted by Gasteiger charge is -2.06. The Morgan fingerprint density at radius 1 is 1.40 bits per heavy atom. The first kappa shape index (κ1) is 12.3. The van der Waals surface area contributed by atoms with Crippen LogP contribution in [0, 0.1) is 0 Å². The van der Waals surface area contributed by atoms with Crippen LogP contribution in [-0.2, 0) is 6.54 Å². The SMILES string of the molecule is Nc1ccsc1CNCCCC(F)(F)F. The molecule has 1 heterocycles. The first-order valence-corrected chi connectivity index (χ1v) is 5.46. The zero-order valence-corrected chi connectivity index (χ0v) is 8.92. The third-order valence-electron chi connectivity index (χ3n) is 1.88. The molecule has 0 radical (unpaired) electrons. The maximum Gasteiger partial charge on any atom is 0.389 e. The van der Waals surface area contributed by atoms with Crippen molar-refractivity contribution in [2.45, 2.75) is 25.6 Å². The number of hydrogen-bond acceptors (Lipinski definition) is 3. The van der Waals surface area contributed by atoms with Crippen LogP contribution in [0.5, 0.6) is 0 Å². The van der Waals surface area contributed by atoms with Crippen molar-refractivity contribution >= 4 is 17.0 Å². The lowest BCUT2D eigenvalue weighted by Crippen LogP contribution is -2.17. The van der Waals surface area contributed by atoms with Crippen LogP contribution in [0.3, 0.4) is 0 Å². The van der Waals surface area contributed by atoms with Crippen LogP contribution in [0.25, 0.3) is 0 Å². The van der Waals surface area contributed by atoms with Gasteiger partial charge in [0.05, 0.1) is 0 Å². The van der Waals surface area contributed by atoms with Crippen molar-refractivity contribution in [2.75, 3.05) is 12.3 Å². The summed E-state index contributed by atoms with van der Waals surface area (Å²) in [5, 5.41) is 4.79. The van der Waals surface area contributed by atoms with Gasteiger partial charge in [-0.2, -0.15) is 13.2 Å². The highest BCUT2D eigenvalue weighted by Gasteiger charge is 2.25. The van der Waals surface area contributed by atoms with E-state index in [0.717, 1.165) is 4.88 Å². The number of nitrogens with one attached hydrogen (secondary N) is 1. The highest BCUT2D eigenvalue weighted by molar-refractivity contribution is 7.10. The van der Waals surface area contributed by atoms with Gasteiger partial charge in [0.2, 0.25) is 0 Å². The van der Waals surface area contributed by atoms with Gasteiger partial charge in [-0.3, -0.25) is 0 Å². The van der Waals surface area contributed by atoms with Gasteiger partial charge in [0.1, 0.15) is 0 Å². The summed E-state index contributed by atoms with van der Waals surface area (Å²) in [5.74, 6) is 0. The molecule has 0 spiro atoms. The van der Waals surface area contributed by atoms with Crippen molar-refractivity contribution in [1.29, 1.82) is 0 Å². The summed E-state index contributed by atoms with van der Waals surface area (Å²) >= 11 is 1.50. The van der Waals surface area contributed by atoms with Gasteiger partial charge in [0, 0.05) is 23.5 Å². The van der Waals surface area contributed by atoms with E-state index in [-0.39, 0.29) is 6.42 Å². The molecule has 2 nitrogen and oxygen atoms in total. The molecule has 0 amide bonds. The fourth-order valence-corrected chi connectivity index (χ4v) is 1.88. The molecule has 0 saturated heterocycles. The molecule has 1 aromatic heterocycles. The van der Waals surface area contributed by atoms with E-state index in [2.05, 4.69) is 5.32 Å². The summed E-state index contributed by atoms with van der Waals surface area (Å²) in [6, 6.07) is 1.79. The summed E-state index contributed by atoms with van der Waals surface area (Å²) in [4.78, 5) is 0.974. The zero-order valence-electron chi connectivity index (χ0n) is 8.10. The molecule has 0 atom stereocenters. The zero-order chi connectivity index (χ0) is 11.3. The van der Waals surface area contributed by atoms with Gasteiger partial charge in [-0.05, 0) is 24.4 Å². The van der Waals surface area contributed by atoms with Crippen LogP contribution in [0.1, 0.15) is 17.7 Å². The number of halogens is 3. The third-order valence-corrected chi connectivity index (χ3v) is 2.82. The molecule has 0 aliphatic heterocycles. The summed E-state index contributed by atoms with van der Waals surface area (Å²) in [6.07, 6.45) is -4.68. The van der Waals surface area contributed by atoms with Crippen LogP contribution >= 0.6 is 11.3 Å². The van der Waals surface area contributed by atoms with E-state index in [1.807, 2.05) is 5.38 Å². The molecule has 15 heavy (non-hydrogen) atoms. The molecule has 0 bridgehead atoms. The second kappa shape index (κ2) is 5.37. The summed E-state index contributed by atoms with van der Waals surface area (Å²) in [5.41, 5.74) is 6.31.